The van der Waals surface area contributed by atoms with Crippen LogP contribution >= 0.6 is 0 Å². The Labute approximate surface area is 101 Å². The fourth-order valence-corrected chi connectivity index (χ4v) is 1.16. The van der Waals surface area contributed by atoms with Crippen LogP contribution in [0.1, 0.15) is 10.4 Å². The summed E-state index contributed by atoms with van der Waals surface area (Å²) in [6.45, 7) is 0. The molecule has 1 aromatic carbocycles. The number of Topliss-reactive ketones (excluding diaryl/α,β-unsaturated/α-hetero) is 1. The second-order valence-electron chi connectivity index (χ2n) is 3.37. The summed E-state index contributed by atoms with van der Waals surface area (Å²) in [5.41, 5.74) is -1.71. The number of benzene rings is 1. The van der Waals surface area contributed by atoms with E-state index in [1.54, 1.807) is 0 Å². The fraction of sp³-hybridized carbons (Fsp3) is 0.300. The van der Waals surface area contributed by atoms with Crippen LogP contribution in [-0.4, -0.2) is 25.0 Å². The van der Waals surface area contributed by atoms with Crippen molar-refractivity contribution in [1.82, 2.24) is 0 Å². The topological polar surface area (TPSA) is 26.3 Å². The standard InChI is InChI=1S/C10H5F7O2/c1-19-7-3-5(11)4(2-6(7)12)8(18)9(13,14)10(15,16)17/h2-3H,1H3. The number of rotatable bonds is 3. The third kappa shape index (κ3) is 2.64. The third-order valence-corrected chi connectivity index (χ3v) is 2.13. The van der Waals surface area contributed by atoms with Crippen molar-refractivity contribution in [2.45, 2.75) is 12.1 Å². The molecule has 0 atom stereocenters. The number of alkyl halides is 5. The minimum Gasteiger partial charge on any atom is -0.494 e. The van der Waals surface area contributed by atoms with Gasteiger partial charge in [-0.1, -0.05) is 0 Å². The lowest BCUT2D eigenvalue weighted by molar-refractivity contribution is -0.255. The number of halogens is 7. The summed E-state index contributed by atoms with van der Waals surface area (Å²) < 4.78 is 91.8. The number of ketones is 1. The Hall–Kier alpha value is -1.80. The largest absolute Gasteiger partial charge is 0.494 e. The van der Waals surface area contributed by atoms with Gasteiger partial charge in [0.1, 0.15) is 5.82 Å². The van der Waals surface area contributed by atoms with Gasteiger partial charge in [0.15, 0.2) is 11.6 Å². The molecule has 0 aromatic heterocycles. The molecule has 0 radical (unpaired) electrons. The van der Waals surface area contributed by atoms with Gasteiger partial charge < -0.3 is 4.74 Å². The average Bonchev–Trinajstić information content (AvgIpc) is 2.29. The van der Waals surface area contributed by atoms with E-state index in [1.807, 2.05) is 0 Å². The van der Waals surface area contributed by atoms with Gasteiger partial charge in [0.2, 0.25) is 5.78 Å². The molecule has 0 saturated carbocycles. The van der Waals surface area contributed by atoms with Crippen LogP contribution in [0.4, 0.5) is 30.7 Å². The van der Waals surface area contributed by atoms with Gasteiger partial charge in [0.25, 0.3) is 0 Å². The Morgan fingerprint density at radius 1 is 1.05 bits per heavy atom. The summed E-state index contributed by atoms with van der Waals surface area (Å²) in [7, 11) is 0.920. The summed E-state index contributed by atoms with van der Waals surface area (Å²) in [6.07, 6.45) is -6.20. The van der Waals surface area contributed by atoms with Crippen molar-refractivity contribution in [3.8, 4) is 5.75 Å². The molecule has 1 rings (SSSR count). The molecule has 0 spiro atoms. The Bertz CT molecular complexity index is 507. The monoisotopic (exact) mass is 290 g/mol. The first-order chi connectivity index (χ1) is 8.52. The van der Waals surface area contributed by atoms with E-state index in [9.17, 15) is 35.5 Å². The van der Waals surface area contributed by atoms with Crippen LogP contribution in [0.2, 0.25) is 0 Å². The second-order valence-corrected chi connectivity index (χ2v) is 3.37. The van der Waals surface area contributed by atoms with Crippen LogP contribution in [-0.2, 0) is 0 Å². The van der Waals surface area contributed by atoms with Crippen LogP contribution in [0.25, 0.3) is 0 Å². The zero-order chi connectivity index (χ0) is 15.0. The molecule has 106 valence electrons. The van der Waals surface area contributed by atoms with Crippen molar-refractivity contribution in [1.29, 1.82) is 0 Å². The van der Waals surface area contributed by atoms with Gasteiger partial charge in [-0.25, -0.2) is 8.78 Å². The quantitative estimate of drug-likeness (QED) is 0.630. The van der Waals surface area contributed by atoms with Gasteiger partial charge in [-0.2, -0.15) is 22.0 Å². The molecule has 2 nitrogen and oxygen atoms in total. The Morgan fingerprint density at radius 3 is 2.00 bits per heavy atom. The van der Waals surface area contributed by atoms with E-state index in [0.29, 0.717) is 0 Å². The predicted molar refractivity (Wildman–Crippen MR) is 48.2 cm³/mol. The van der Waals surface area contributed by atoms with Gasteiger partial charge in [0, 0.05) is 6.07 Å². The lowest BCUT2D eigenvalue weighted by Crippen LogP contribution is -2.44. The van der Waals surface area contributed by atoms with Gasteiger partial charge >= 0.3 is 12.1 Å². The first-order valence-electron chi connectivity index (χ1n) is 4.54. The van der Waals surface area contributed by atoms with E-state index in [4.69, 9.17) is 0 Å². The van der Waals surface area contributed by atoms with Gasteiger partial charge in [0.05, 0.1) is 12.7 Å². The highest BCUT2D eigenvalue weighted by molar-refractivity contribution is 6.02. The lowest BCUT2D eigenvalue weighted by atomic mass is 10.0. The van der Waals surface area contributed by atoms with E-state index >= 15 is 0 Å². The molecule has 0 saturated heterocycles. The Balaban J connectivity index is 3.32. The molecule has 0 aliphatic heterocycles. The minimum absolute atomic E-state index is 0.0733. The maximum absolute atomic E-state index is 13.2. The highest BCUT2D eigenvalue weighted by Gasteiger charge is 2.63. The minimum atomic E-state index is -6.20. The highest BCUT2D eigenvalue weighted by atomic mass is 19.4. The lowest BCUT2D eigenvalue weighted by Gasteiger charge is -2.18. The SMILES string of the molecule is COc1cc(F)c(C(=O)C(F)(F)C(F)(F)F)cc1F. The molecule has 0 bridgehead atoms. The first kappa shape index (κ1) is 15.3. The van der Waals surface area contributed by atoms with Crippen molar-refractivity contribution in [3.63, 3.8) is 0 Å². The molecular formula is C10H5F7O2. The summed E-state index contributed by atoms with van der Waals surface area (Å²) in [5.74, 6) is -12.6. The van der Waals surface area contributed by atoms with E-state index in [0.717, 1.165) is 7.11 Å². The van der Waals surface area contributed by atoms with Gasteiger partial charge in [-0.3, -0.25) is 4.79 Å². The average molecular weight is 290 g/mol. The van der Waals surface area contributed by atoms with Crippen molar-refractivity contribution < 1.29 is 40.3 Å². The molecule has 0 aliphatic rings. The summed E-state index contributed by atoms with van der Waals surface area (Å²) >= 11 is 0. The second kappa shape index (κ2) is 4.71. The van der Waals surface area contributed by atoms with Crippen LogP contribution in [0.15, 0.2) is 12.1 Å². The Kier molecular flexibility index (Phi) is 3.78. The fourth-order valence-electron chi connectivity index (χ4n) is 1.16. The van der Waals surface area contributed by atoms with E-state index in [2.05, 4.69) is 4.74 Å². The molecule has 1 aromatic rings. The van der Waals surface area contributed by atoms with E-state index in [1.165, 1.54) is 0 Å². The van der Waals surface area contributed by atoms with Crippen molar-refractivity contribution in [2.24, 2.45) is 0 Å². The summed E-state index contributed by atoms with van der Waals surface area (Å²) in [4.78, 5) is 11.0. The molecule has 9 heteroatoms. The zero-order valence-corrected chi connectivity index (χ0v) is 9.12. The van der Waals surface area contributed by atoms with Crippen LogP contribution < -0.4 is 4.74 Å². The molecule has 19 heavy (non-hydrogen) atoms. The number of hydrogen-bond acceptors (Lipinski definition) is 2. The Morgan fingerprint density at radius 2 is 1.58 bits per heavy atom. The number of hydrogen-bond donors (Lipinski definition) is 0. The predicted octanol–water partition coefficient (Wildman–Crippen LogP) is 3.35. The third-order valence-electron chi connectivity index (χ3n) is 2.13. The summed E-state index contributed by atoms with van der Waals surface area (Å²) in [5, 5.41) is 0. The maximum Gasteiger partial charge on any atom is 0.461 e. The molecule has 0 fully saturated rings. The zero-order valence-electron chi connectivity index (χ0n) is 9.12. The van der Waals surface area contributed by atoms with Crippen molar-refractivity contribution >= 4 is 5.78 Å². The summed E-state index contributed by atoms with van der Waals surface area (Å²) in [6, 6.07) is 0.130. The molecule has 0 N–H and O–H groups in total. The number of carbonyl (C=O) groups is 1. The maximum atomic E-state index is 13.2. The van der Waals surface area contributed by atoms with E-state index < -0.39 is 40.8 Å². The molecule has 0 heterocycles. The van der Waals surface area contributed by atoms with Crippen LogP contribution in [0.3, 0.4) is 0 Å². The normalized spacial score (nSPS) is 12.4. The molecule has 0 unspecified atom stereocenters. The van der Waals surface area contributed by atoms with Gasteiger partial charge in [-0.05, 0) is 6.07 Å². The molecule has 0 aliphatic carbocycles. The molecular weight excluding hydrogens is 285 g/mol. The number of carbonyl (C=O) groups excluding carboxylic acids is 1. The van der Waals surface area contributed by atoms with E-state index in [-0.39, 0.29) is 12.1 Å². The van der Waals surface area contributed by atoms with Crippen molar-refractivity contribution in [2.75, 3.05) is 7.11 Å². The highest BCUT2D eigenvalue weighted by Crippen LogP contribution is 2.39. The van der Waals surface area contributed by atoms with Crippen LogP contribution in [0.5, 0.6) is 5.75 Å². The smallest absolute Gasteiger partial charge is 0.461 e. The van der Waals surface area contributed by atoms with Crippen molar-refractivity contribution in [3.05, 3.63) is 29.3 Å². The number of ether oxygens (including phenoxy) is 1. The van der Waals surface area contributed by atoms with Gasteiger partial charge in [-0.15, -0.1) is 0 Å². The first-order valence-corrected chi connectivity index (χ1v) is 4.54. The number of methoxy groups -OCH3 is 1. The molecule has 0 amide bonds. The van der Waals surface area contributed by atoms with Crippen LogP contribution in [0, 0.1) is 11.6 Å².